The van der Waals surface area contributed by atoms with Crippen molar-refractivity contribution in [3.63, 3.8) is 0 Å². The van der Waals surface area contributed by atoms with Crippen LogP contribution in [-0.4, -0.2) is 58.3 Å². The van der Waals surface area contributed by atoms with Gasteiger partial charge in [-0.3, -0.25) is 4.90 Å². The third-order valence-electron chi connectivity index (χ3n) is 10.1. The maximum absolute atomic E-state index is 14.5. The van der Waals surface area contributed by atoms with Gasteiger partial charge in [-0.25, -0.2) is 9.37 Å². The molecule has 3 aliphatic heterocycles. The van der Waals surface area contributed by atoms with Crippen molar-refractivity contribution in [1.29, 1.82) is 0 Å². The summed E-state index contributed by atoms with van der Waals surface area (Å²) in [5, 5.41) is 0. The van der Waals surface area contributed by atoms with Gasteiger partial charge >= 0.3 is 6.01 Å². The average Bonchev–Trinajstić information content (AvgIpc) is 3.51. The minimum atomic E-state index is -0.818. The predicted molar refractivity (Wildman–Crippen MR) is 160 cm³/mol. The van der Waals surface area contributed by atoms with Crippen LogP contribution in [0.25, 0.3) is 0 Å². The maximum Gasteiger partial charge on any atom is 0.318 e. The van der Waals surface area contributed by atoms with E-state index < -0.39 is 11.8 Å². The van der Waals surface area contributed by atoms with Crippen molar-refractivity contribution in [2.45, 2.75) is 81.8 Å². The van der Waals surface area contributed by atoms with Crippen LogP contribution in [-0.2, 0) is 29.8 Å². The first kappa shape index (κ1) is 27.3. The number of aryl methyl sites for hydroxylation is 1. The molecule has 0 amide bonds. The summed E-state index contributed by atoms with van der Waals surface area (Å²) in [5.41, 5.74) is 17.7. The number of anilines is 3. The fourth-order valence-electron chi connectivity index (χ4n) is 7.77. The SMILES string of the molecule is CC(c1cccnc1N)N(C)c1nc(OCC23CCCN2CC(F)C3)nc2c1COC1(CCCc3ccc(N)cc31)C2. The van der Waals surface area contributed by atoms with Crippen molar-refractivity contribution >= 4 is 17.3 Å². The number of nitrogens with zero attached hydrogens (tertiary/aromatic N) is 5. The average molecular weight is 574 g/mol. The summed E-state index contributed by atoms with van der Waals surface area (Å²) in [6, 6.07) is 10.3. The topological polar surface area (TPSA) is 116 Å². The summed E-state index contributed by atoms with van der Waals surface area (Å²) in [5.74, 6) is 1.24. The Kier molecular flexibility index (Phi) is 6.73. The van der Waals surface area contributed by atoms with Crippen LogP contribution in [0.1, 0.15) is 73.0 Å². The van der Waals surface area contributed by atoms with Crippen molar-refractivity contribution in [1.82, 2.24) is 19.9 Å². The van der Waals surface area contributed by atoms with E-state index in [0.29, 0.717) is 44.4 Å². The Morgan fingerprint density at radius 2 is 2.10 bits per heavy atom. The van der Waals surface area contributed by atoms with Crippen LogP contribution < -0.4 is 21.1 Å². The largest absolute Gasteiger partial charge is 0.461 e. The molecule has 0 saturated carbocycles. The van der Waals surface area contributed by atoms with Gasteiger partial charge < -0.3 is 25.8 Å². The van der Waals surface area contributed by atoms with Crippen LogP contribution in [0.15, 0.2) is 36.5 Å². The highest BCUT2D eigenvalue weighted by molar-refractivity contribution is 5.56. The molecule has 2 fully saturated rings. The molecule has 5 heterocycles. The first-order valence-electron chi connectivity index (χ1n) is 15.1. The van der Waals surface area contributed by atoms with E-state index in [2.05, 4.69) is 33.8 Å². The number of nitrogens with two attached hydrogens (primary N) is 2. The molecule has 1 aromatic carbocycles. The molecule has 9 nitrogen and oxygen atoms in total. The van der Waals surface area contributed by atoms with Crippen molar-refractivity contribution in [2.24, 2.45) is 0 Å². The molecule has 42 heavy (non-hydrogen) atoms. The van der Waals surface area contributed by atoms with Gasteiger partial charge in [0, 0.05) is 49.4 Å². The number of alkyl halides is 1. The minimum Gasteiger partial charge on any atom is -0.461 e. The van der Waals surface area contributed by atoms with Gasteiger partial charge in [-0.05, 0) is 74.9 Å². The number of aromatic nitrogens is 3. The van der Waals surface area contributed by atoms with Crippen molar-refractivity contribution in [3.05, 3.63) is 64.5 Å². The molecule has 0 bridgehead atoms. The van der Waals surface area contributed by atoms with Crippen molar-refractivity contribution in [3.8, 4) is 6.01 Å². The first-order valence-corrected chi connectivity index (χ1v) is 15.1. The molecule has 222 valence electrons. The number of fused-ring (bicyclic) bond motifs is 4. The highest BCUT2D eigenvalue weighted by atomic mass is 19.1. The predicted octanol–water partition coefficient (Wildman–Crippen LogP) is 4.49. The zero-order valence-electron chi connectivity index (χ0n) is 24.5. The first-order chi connectivity index (χ1) is 20.3. The zero-order valence-corrected chi connectivity index (χ0v) is 24.5. The van der Waals surface area contributed by atoms with E-state index in [1.165, 1.54) is 5.56 Å². The Morgan fingerprint density at radius 3 is 2.95 bits per heavy atom. The lowest BCUT2D eigenvalue weighted by atomic mass is 9.74. The summed E-state index contributed by atoms with van der Waals surface area (Å²) in [7, 11) is 2.01. The Morgan fingerprint density at radius 1 is 1.21 bits per heavy atom. The van der Waals surface area contributed by atoms with Crippen LogP contribution in [0.2, 0.25) is 0 Å². The van der Waals surface area contributed by atoms with Gasteiger partial charge in [0.1, 0.15) is 24.4 Å². The minimum absolute atomic E-state index is 0.109. The van der Waals surface area contributed by atoms with Crippen LogP contribution in [0.4, 0.5) is 21.7 Å². The second-order valence-corrected chi connectivity index (χ2v) is 12.6. The number of rotatable bonds is 6. The summed E-state index contributed by atoms with van der Waals surface area (Å²) in [4.78, 5) is 18.6. The monoisotopic (exact) mass is 573 g/mol. The van der Waals surface area contributed by atoms with Gasteiger partial charge in [-0.15, -0.1) is 0 Å². The van der Waals surface area contributed by atoms with Gasteiger partial charge in [0.2, 0.25) is 0 Å². The normalized spacial score (nSPS) is 27.4. The van der Waals surface area contributed by atoms with Gasteiger partial charge in [0.05, 0.1) is 29.5 Å². The highest BCUT2D eigenvalue weighted by Crippen LogP contribution is 2.47. The highest BCUT2D eigenvalue weighted by Gasteiger charge is 2.49. The molecule has 1 spiro atoms. The Hall–Kier alpha value is -3.50. The van der Waals surface area contributed by atoms with E-state index in [1.54, 1.807) is 6.20 Å². The molecule has 7 rings (SSSR count). The molecule has 2 saturated heterocycles. The van der Waals surface area contributed by atoms with E-state index in [1.807, 2.05) is 25.2 Å². The van der Waals surface area contributed by atoms with E-state index in [0.717, 1.165) is 72.5 Å². The van der Waals surface area contributed by atoms with Crippen molar-refractivity contribution < 1.29 is 13.9 Å². The molecule has 4 aliphatic rings. The molecule has 3 aromatic rings. The fraction of sp³-hybridized carbons (Fsp3) is 0.531. The second-order valence-electron chi connectivity index (χ2n) is 12.6. The second kappa shape index (κ2) is 10.3. The number of pyridine rings is 1. The lowest BCUT2D eigenvalue weighted by Gasteiger charge is -2.43. The lowest BCUT2D eigenvalue weighted by molar-refractivity contribution is -0.0855. The number of hydrogen-bond donors (Lipinski definition) is 2. The molecule has 4 atom stereocenters. The third kappa shape index (κ3) is 4.55. The Labute approximate surface area is 246 Å². The van der Waals surface area contributed by atoms with Gasteiger partial charge in [-0.1, -0.05) is 12.1 Å². The number of ether oxygens (including phenoxy) is 2. The van der Waals surface area contributed by atoms with Crippen LogP contribution in [0, 0.1) is 0 Å². The van der Waals surface area contributed by atoms with E-state index in [4.69, 9.17) is 30.9 Å². The Balaban J connectivity index is 1.27. The van der Waals surface area contributed by atoms with E-state index >= 15 is 0 Å². The molecule has 1 aliphatic carbocycles. The molecule has 10 heteroatoms. The summed E-state index contributed by atoms with van der Waals surface area (Å²) < 4.78 is 27.7. The molecular formula is C32H40FN7O2. The molecule has 2 aromatic heterocycles. The van der Waals surface area contributed by atoms with Gasteiger partial charge in [0.15, 0.2) is 0 Å². The van der Waals surface area contributed by atoms with Crippen molar-refractivity contribution in [2.75, 3.05) is 43.1 Å². The summed E-state index contributed by atoms with van der Waals surface area (Å²) >= 11 is 0. The number of nitrogen functional groups attached to an aromatic ring is 2. The quantitative estimate of drug-likeness (QED) is 0.412. The fourth-order valence-corrected chi connectivity index (χ4v) is 7.77. The number of benzene rings is 1. The van der Waals surface area contributed by atoms with E-state index in [-0.39, 0.29) is 11.6 Å². The third-order valence-corrected chi connectivity index (χ3v) is 10.1. The zero-order chi connectivity index (χ0) is 29.1. The maximum atomic E-state index is 14.5. The molecule has 4 unspecified atom stereocenters. The standard InChI is InChI=1S/C32H40FN7O2/c1-20(24-7-4-12-36-28(24)35)39(2)29-25-18-42-32(11-3-6-21-8-9-23(34)14-26(21)32)16-27(25)37-30(38-29)41-19-31-10-5-13-40(31)17-22(33)15-31/h4,7-9,12,14,20,22H,3,5-6,10-11,13,15-19,34H2,1-2H3,(H2,35,36). The molecule has 0 radical (unpaired) electrons. The number of hydrogen-bond acceptors (Lipinski definition) is 9. The lowest BCUT2D eigenvalue weighted by Crippen LogP contribution is -2.44. The van der Waals surface area contributed by atoms with E-state index in [9.17, 15) is 4.39 Å². The number of halogens is 1. The van der Waals surface area contributed by atoms with Gasteiger partial charge in [0.25, 0.3) is 0 Å². The van der Waals surface area contributed by atoms with Crippen LogP contribution in [0.5, 0.6) is 6.01 Å². The molecular weight excluding hydrogens is 533 g/mol. The van der Waals surface area contributed by atoms with Crippen LogP contribution >= 0.6 is 0 Å². The molecule has 4 N–H and O–H groups in total. The Bertz CT molecular complexity index is 1500. The van der Waals surface area contributed by atoms with Crippen LogP contribution in [0.3, 0.4) is 0 Å². The van der Waals surface area contributed by atoms with Gasteiger partial charge in [-0.2, -0.15) is 9.97 Å². The smallest absolute Gasteiger partial charge is 0.318 e. The summed E-state index contributed by atoms with van der Waals surface area (Å²) in [6.45, 7) is 4.23. The summed E-state index contributed by atoms with van der Waals surface area (Å²) in [6.07, 6.45) is 6.91.